The highest BCUT2D eigenvalue weighted by Gasteiger charge is 2.60. The highest BCUT2D eigenvalue weighted by atomic mass is 19.4. The fourth-order valence-corrected chi connectivity index (χ4v) is 2.61. The van der Waals surface area contributed by atoms with Gasteiger partial charge < -0.3 is 10.1 Å². The molecule has 1 aromatic carbocycles. The number of hydrogen-bond donors (Lipinski definition) is 1. The zero-order valence-electron chi connectivity index (χ0n) is 13.8. The lowest BCUT2D eigenvalue weighted by atomic mass is 10.1. The minimum Gasteiger partial charge on any atom is -0.442 e. The molecule has 0 saturated carbocycles. The Balaban J connectivity index is 2.12. The molecule has 1 unspecified atom stereocenters. The number of ether oxygens (including phenoxy) is 1. The first-order chi connectivity index (χ1) is 12.0. The highest BCUT2D eigenvalue weighted by Crippen LogP contribution is 2.36. The minimum absolute atomic E-state index is 0.0901. The van der Waals surface area contributed by atoms with Crippen LogP contribution in [0, 0.1) is 6.92 Å². The molecule has 0 aromatic heterocycles. The van der Waals surface area contributed by atoms with E-state index in [1.54, 1.807) is 12.1 Å². The largest absolute Gasteiger partial charge is 0.442 e. The molecule has 4 nitrogen and oxygen atoms in total. The van der Waals surface area contributed by atoms with Crippen LogP contribution in [0.5, 0.6) is 0 Å². The summed E-state index contributed by atoms with van der Waals surface area (Å²) in [6.07, 6.45) is -15.6. The van der Waals surface area contributed by atoms with E-state index in [-0.39, 0.29) is 19.6 Å². The Kier molecular flexibility index (Phi) is 6.17. The Hall–Kier alpha value is -1.81. The van der Waals surface area contributed by atoms with Crippen molar-refractivity contribution in [2.45, 2.75) is 38.0 Å². The van der Waals surface area contributed by atoms with Crippen LogP contribution in [-0.4, -0.2) is 55.0 Å². The van der Waals surface area contributed by atoms with Crippen LogP contribution in [0.3, 0.4) is 0 Å². The van der Waals surface area contributed by atoms with Crippen LogP contribution in [0.1, 0.15) is 11.1 Å². The Morgan fingerprint density at radius 3 is 2.31 bits per heavy atom. The first-order valence-electron chi connectivity index (χ1n) is 7.82. The van der Waals surface area contributed by atoms with Gasteiger partial charge in [-0.25, -0.2) is 0 Å². The Morgan fingerprint density at radius 2 is 1.77 bits per heavy atom. The van der Waals surface area contributed by atoms with E-state index in [0.717, 1.165) is 11.1 Å². The zero-order chi connectivity index (χ0) is 19.5. The second-order valence-corrected chi connectivity index (χ2v) is 6.08. The number of alkyl halides is 6. The number of nitrogens with one attached hydrogen (secondary N) is 1. The highest BCUT2D eigenvalue weighted by molar-refractivity contribution is 5.76. The molecule has 0 radical (unpaired) electrons. The summed E-state index contributed by atoms with van der Waals surface area (Å²) in [5.41, 5.74) is 1.79. The van der Waals surface area contributed by atoms with Gasteiger partial charge in [-0.15, -0.1) is 0 Å². The van der Waals surface area contributed by atoms with Crippen molar-refractivity contribution in [1.82, 2.24) is 10.2 Å². The molecule has 2 rings (SSSR count). The van der Waals surface area contributed by atoms with Gasteiger partial charge in [0.1, 0.15) is 6.04 Å². The predicted molar refractivity (Wildman–Crippen MR) is 80.2 cm³/mol. The van der Waals surface area contributed by atoms with Crippen LogP contribution in [-0.2, 0) is 16.1 Å². The second kappa shape index (κ2) is 7.83. The molecule has 1 aromatic rings. The summed E-state index contributed by atoms with van der Waals surface area (Å²) in [6, 6.07) is 5.99. The monoisotopic (exact) mass is 384 g/mol. The number of aryl methyl sites for hydroxylation is 1. The van der Waals surface area contributed by atoms with Crippen LogP contribution in [0.25, 0.3) is 0 Å². The minimum atomic E-state index is -5.72. The van der Waals surface area contributed by atoms with Crippen molar-refractivity contribution < 1.29 is 35.9 Å². The smallest absolute Gasteiger partial charge is 0.434 e. The third-order valence-electron chi connectivity index (χ3n) is 3.96. The Morgan fingerprint density at radius 1 is 1.19 bits per heavy atom. The molecule has 1 aliphatic heterocycles. The second-order valence-electron chi connectivity index (χ2n) is 6.08. The zero-order valence-corrected chi connectivity index (χ0v) is 13.8. The summed E-state index contributed by atoms with van der Waals surface area (Å²) in [7, 11) is 0. The van der Waals surface area contributed by atoms with E-state index in [9.17, 15) is 31.1 Å². The third-order valence-corrected chi connectivity index (χ3v) is 3.96. The molecule has 1 saturated heterocycles. The average molecular weight is 384 g/mol. The molecule has 1 N–H and O–H groups in total. The summed E-state index contributed by atoms with van der Waals surface area (Å²) in [6.45, 7) is 2.74. The van der Waals surface area contributed by atoms with Gasteiger partial charge in [0, 0.05) is 26.2 Å². The lowest BCUT2D eigenvalue weighted by Gasteiger charge is -2.35. The van der Waals surface area contributed by atoms with Gasteiger partial charge in [-0.1, -0.05) is 29.8 Å². The van der Waals surface area contributed by atoms with Crippen LogP contribution >= 0.6 is 0 Å². The molecule has 10 heteroatoms. The number of esters is 1. The molecule has 0 spiro atoms. The number of nitrogens with zero attached hydrogens (tertiary/aromatic N) is 1. The maximum absolute atomic E-state index is 12.6. The molecule has 1 heterocycles. The van der Waals surface area contributed by atoms with Gasteiger partial charge in [0.15, 0.2) is 0 Å². The SMILES string of the molecule is Cc1ccc(CN2CCNCC2C(=O)OC(C(F)(F)F)C(F)(F)F)cc1. The van der Waals surface area contributed by atoms with E-state index in [2.05, 4.69) is 10.1 Å². The first-order valence-corrected chi connectivity index (χ1v) is 7.82. The van der Waals surface area contributed by atoms with Gasteiger partial charge in [-0.3, -0.25) is 9.69 Å². The van der Waals surface area contributed by atoms with E-state index in [1.165, 1.54) is 4.90 Å². The van der Waals surface area contributed by atoms with Crippen molar-refractivity contribution in [2.24, 2.45) is 0 Å². The maximum atomic E-state index is 12.6. The van der Waals surface area contributed by atoms with E-state index in [0.29, 0.717) is 6.54 Å². The lowest BCUT2D eigenvalue weighted by Crippen LogP contribution is -2.57. The first kappa shape index (κ1) is 20.5. The standard InChI is InChI=1S/C16H18F6N2O2/c1-10-2-4-11(5-3-10)9-24-7-6-23-8-12(24)13(25)26-14(15(17,18)19)16(20,21)22/h2-5,12,14,23H,6-9H2,1H3. The van der Waals surface area contributed by atoms with Crippen molar-refractivity contribution in [3.63, 3.8) is 0 Å². The van der Waals surface area contributed by atoms with E-state index < -0.39 is 30.5 Å². The molecule has 1 aliphatic rings. The summed E-state index contributed by atoms with van der Waals surface area (Å²) >= 11 is 0. The van der Waals surface area contributed by atoms with Gasteiger partial charge in [0.25, 0.3) is 6.10 Å². The number of piperazine rings is 1. The fourth-order valence-electron chi connectivity index (χ4n) is 2.61. The van der Waals surface area contributed by atoms with Crippen LogP contribution in [0.4, 0.5) is 26.3 Å². The normalized spacial score (nSPS) is 19.6. The molecule has 1 fully saturated rings. The van der Waals surface area contributed by atoms with Crippen molar-refractivity contribution in [2.75, 3.05) is 19.6 Å². The number of hydrogen-bond acceptors (Lipinski definition) is 4. The number of rotatable bonds is 4. The molecule has 146 valence electrons. The lowest BCUT2D eigenvalue weighted by molar-refractivity contribution is -0.314. The summed E-state index contributed by atoms with van der Waals surface area (Å²) in [5.74, 6) is -1.55. The van der Waals surface area contributed by atoms with Gasteiger partial charge in [-0.05, 0) is 12.5 Å². The number of carbonyl (C=O) groups excluding carboxylic acids is 1. The van der Waals surface area contributed by atoms with Crippen molar-refractivity contribution in [3.8, 4) is 0 Å². The van der Waals surface area contributed by atoms with Crippen molar-refractivity contribution >= 4 is 5.97 Å². The van der Waals surface area contributed by atoms with Gasteiger partial charge in [-0.2, -0.15) is 26.3 Å². The Labute approximate surface area is 146 Å². The quantitative estimate of drug-likeness (QED) is 0.641. The van der Waals surface area contributed by atoms with Crippen molar-refractivity contribution in [1.29, 1.82) is 0 Å². The maximum Gasteiger partial charge on any atom is 0.434 e. The molecular weight excluding hydrogens is 366 g/mol. The Bertz CT molecular complexity index is 601. The van der Waals surface area contributed by atoms with Crippen LogP contribution in [0.15, 0.2) is 24.3 Å². The van der Waals surface area contributed by atoms with E-state index in [1.807, 2.05) is 19.1 Å². The molecule has 26 heavy (non-hydrogen) atoms. The average Bonchev–Trinajstić information content (AvgIpc) is 2.53. The molecule has 1 atom stereocenters. The van der Waals surface area contributed by atoms with Crippen LogP contribution in [0.2, 0.25) is 0 Å². The van der Waals surface area contributed by atoms with E-state index in [4.69, 9.17) is 0 Å². The molecule has 0 amide bonds. The number of benzene rings is 1. The molecular formula is C16H18F6N2O2. The number of carbonyl (C=O) groups is 1. The fraction of sp³-hybridized carbons (Fsp3) is 0.562. The van der Waals surface area contributed by atoms with Gasteiger partial charge in [0.05, 0.1) is 0 Å². The van der Waals surface area contributed by atoms with E-state index >= 15 is 0 Å². The summed E-state index contributed by atoms with van der Waals surface area (Å²) in [5, 5.41) is 2.79. The summed E-state index contributed by atoms with van der Waals surface area (Å²) in [4.78, 5) is 13.6. The summed E-state index contributed by atoms with van der Waals surface area (Å²) < 4.78 is 79.4. The topological polar surface area (TPSA) is 41.6 Å². The van der Waals surface area contributed by atoms with Gasteiger partial charge in [0.2, 0.25) is 0 Å². The third kappa shape index (κ3) is 5.34. The van der Waals surface area contributed by atoms with Crippen molar-refractivity contribution in [3.05, 3.63) is 35.4 Å². The van der Waals surface area contributed by atoms with Crippen LogP contribution < -0.4 is 5.32 Å². The molecule has 0 aliphatic carbocycles. The number of halogens is 6. The predicted octanol–water partition coefficient (Wildman–Crippen LogP) is 2.81. The van der Waals surface area contributed by atoms with Gasteiger partial charge >= 0.3 is 18.3 Å². The molecule has 0 bridgehead atoms.